The second-order valence-corrected chi connectivity index (χ2v) is 10.2. The number of fused-ring (bicyclic) bond motifs is 1. The lowest BCUT2D eigenvalue weighted by Crippen LogP contribution is -2.56. The lowest BCUT2D eigenvalue weighted by Gasteiger charge is -2.50. The van der Waals surface area contributed by atoms with Gasteiger partial charge in [-0.05, 0) is 54.8 Å². The second kappa shape index (κ2) is 9.44. The molecule has 1 fully saturated rings. The number of rotatable bonds is 4. The van der Waals surface area contributed by atoms with Gasteiger partial charge in [-0.3, -0.25) is 9.69 Å². The lowest BCUT2D eigenvalue weighted by atomic mass is 9.67. The number of benzene rings is 3. The van der Waals surface area contributed by atoms with Crippen molar-refractivity contribution in [2.75, 3.05) is 18.4 Å². The molecule has 0 aliphatic carbocycles. The number of alkyl halides is 3. The molecule has 1 saturated heterocycles. The van der Waals surface area contributed by atoms with E-state index < -0.39 is 17.8 Å². The van der Waals surface area contributed by atoms with Gasteiger partial charge in [0, 0.05) is 40.9 Å². The summed E-state index contributed by atoms with van der Waals surface area (Å²) in [6.45, 7) is 1.96. The van der Waals surface area contributed by atoms with E-state index in [2.05, 4.69) is 30.9 Å². The highest BCUT2D eigenvalue weighted by Gasteiger charge is 2.49. The zero-order valence-corrected chi connectivity index (χ0v) is 20.8. The number of likely N-dealkylation sites (tertiary alicyclic amines) is 1. The van der Waals surface area contributed by atoms with Gasteiger partial charge >= 0.3 is 6.36 Å². The molecule has 1 atom stereocenters. The van der Waals surface area contributed by atoms with E-state index in [0.717, 1.165) is 15.7 Å². The van der Waals surface area contributed by atoms with Crippen LogP contribution in [0, 0.1) is 0 Å². The summed E-state index contributed by atoms with van der Waals surface area (Å²) in [5, 5.41) is 13.8. The summed E-state index contributed by atoms with van der Waals surface area (Å²) in [4.78, 5) is 16.1. The third-order valence-electron chi connectivity index (χ3n) is 7.03. The van der Waals surface area contributed by atoms with Crippen LogP contribution in [0.15, 0.2) is 71.2 Å². The van der Waals surface area contributed by atoms with Crippen molar-refractivity contribution in [3.8, 4) is 11.5 Å². The zero-order chi connectivity index (χ0) is 25.5. The number of phenolic OH excluding ortho intramolecular Hbond substituents is 1. The molecule has 5 nitrogen and oxygen atoms in total. The van der Waals surface area contributed by atoms with E-state index in [1.165, 1.54) is 12.1 Å². The Bertz CT molecular complexity index is 1270. The molecular formula is C27H24BrF3N2O3. The first-order valence-corrected chi connectivity index (χ1v) is 12.4. The van der Waals surface area contributed by atoms with Gasteiger partial charge in [0.1, 0.15) is 11.5 Å². The van der Waals surface area contributed by atoms with Crippen LogP contribution in [-0.2, 0) is 6.54 Å². The summed E-state index contributed by atoms with van der Waals surface area (Å²) < 4.78 is 42.8. The van der Waals surface area contributed by atoms with Crippen LogP contribution >= 0.6 is 15.9 Å². The summed E-state index contributed by atoms with van der Waals surface area (Å²) in [6.07, 6.45) is -3.50. The fourth-order valence-corrected chi connectivity index (χ4v) is 5.68. The quantitative estimate of drug-likeness (QED) is 0.382. The summed E-state index contributed by atoms with van der Waals surface area (Å²) >= 11 is 3.48. The van der Waals surface area contributed by atoms with Crippen molar-refractivity contribution in [1.82, 2.24) is 4.90 Å². The van der Waals surface area contributed by atoms with Crippen molar-refractivity contribution in [3.63, 3.8) is 0 Å². The van der Waals surface area contributed by atoms with E-state index in [1.807, 2.05) is 24.3 Å². The number of nitrogens with zero attached hydrogens (tertiary/aromatic N) is 1. The first-order chi connectivity index (χ1) is 17.1. The number of ketones is 1. The average Bonchev–Trinajstić information content (AvgIpc) is 2.82. The van der Waals surface area contributed by atoms with Gasteiger partial charge in [-0.1, -0.05) is 46.3 Å². The Kier molecular flexibility index (Phi) is 6.46. The van der Waals surface area contributed by atoms with E-state index in [1.54, 1.807) is 30.3 Å². The number of piperidine rings is 1. The van der Waals surface area contributed by atoms with Crippen molar-refractivity contribution in [1.29, 1.82) is 0 Å². The molecule has 2 N–H and O–H groups in total. The van der Waals surface area contributed by atoms with Gasteiger partial charge in [0.05, 0.1) is 11.5 Å². The minimum absolute atomic E-state index is 0.0603. The highest BCUT2D eigenvalue weighted by atomic mass is 79.9. The van der Waals surface area contributed by atoms with E-state index in [0.29, 0.717) is 43.6 Å². The molecule has 36 heavy (non-hydrogen) atoms. The number of aromatic hydroxyl groups is 1. The van der Waals surface area contributed by atoms with E-state index in [9.17, 15) is 23.1 Å². The molecular weight excluding hydrogens is 537 g/mol. The molecule has 0 amide bonds. The van der Waals surface area contributed by atoms with Crippen LogP contribution in [0.4, 0.5) is 18.9 Å². The predicted octanol–water partition coefficient (Wildman–Crippen LogP) is 6.48. The number of Topliss-reactive ketones (excluding diaryl/α,β-unsaturated/α-hetero) is 1. The van der Waals surface area contributed by atoms with Crippen molar-refractivity contribution >= 4 is 27.4 Å². The number of nitrogens with one attached hydrogen (secondary N) is 1. The fraction of sp³-hybridized carbons (Fsp3) is 0.296. The van der Waals surface area contributed by atoms with Crippen molar-refractivity contribution in [2.45, 2.75) is 37.2 Å². The molecule has 0 radical (unpaired) electrons. The van der Waals surface area contributed by atoms with E-state index >= 15 is 0 Å². The summed E-state index contributed by atoms with van der Waals surface area (Å²) in [7, 11) is 0. The highest BCUT2D eigenvalue weighted by Crippen LogP contribution is 2.47. The van der Waals surface area contributed by atoms with Crippen LogP contribution in [0.1, 0.15) is 40.2 Å². The second-order valence-electron chi connectivity index (χ2n) is 9.29. The maximum Gasteiger partial charge on any atom is 0.573 e. The molecule has 2 heterocycles. The highest BCUT2D eigenvalue weighted by molar-refractivity contribution is 9.10. The first kappa shape index (κ1) is 24.6. The number of carbonyl (C=O) groups is 1. The van der Waals surface area contributed by atoms with Crippen LogP contribution in [0.3, 0.4) is 0 Å². The van der Waals surface area contributed by atoms with Crippen LogP contribution in [0.5, 0.6) is 11.5 Å². The molecule has 0 saturated carbocycles. The van der Waals surface area contributed by atoms with Crippen LogP contribution in [0.2, 0.25) is 0 Å². The molecule has 188 valence electrons. The molecule has 0 aromatic heterocycles. The van der Waals surface area contributed by atoms with E-state index in [-0.39, 0.29) is 17.3 Å². The number of carbonyl (C=O) groups excluding carboxylic acids is 1. The molecule has 3 aromatic carbocycles. The molecule has 3 aromatic rings. The third kappa shape index (κ3) is 4.95. The van der Waals surface area contributed by atoms with Crippen LogP contribution in [0.25, 0.3) is 0 Å². The summed E-state index contributed by atoms with van der Waals surface area (Å²) in [5.41, 5.74) is 2.18. The fourth-order valence-electron chi connectivity index (χ4n) is 5.32. The minimum atomic E-state index is -4.78. The van der Waals surface area contributed by atoms with Gasteiger partial charge in [-0.25, -0.2) is 0 Å². The van der Waals surface area contributed by atoms with Crippen molar-refractivity contribution in [3.05, 3.63) is 87.9 Å². The third-order valence-corrected chi connectivity index (χ3v) is 7.52. The summed E-state index contributed by atoms with van der Waals surface area (Å²) in [6, 6.07) is 18.3. The normalized spacial score (nSPS) is 19.6. The number of ether oxygens (including phenoxy) is 1. The largest absolute Gasteiger partial charge is 0.573 e. The van der Waals surface area contributed by atoms with Gasteiger partial charge in [0.2, 0.25) is 0 Å². The van der Waals surface area contributed by atoms with Crippen LogP contribution < -0.4 is 10.1 Å². The van der Waals surface area contributed by atoms with Gasteiger partial charge < -0.3 is 15.2 Å². The van der Waals surface area contributed by atoms with Crippen LogP contribution in [-0.4, -0.2) is 40.8 Å². The number of hydrogen-bond donors (Lipinski definition) is 2. The summed E-state index contributed by atoms with van der Waals surface area (Å²) in [5.74, 6) is -0.701. The molecule has 1 unspecified atom stereocenters. The molecule has 9 heteroatoms. The smallest absolute Gasteiger partial charge is 0.508 e. The zero-order valence-electron chi connectivity index (χ0n) is 19.2. The average molecular weight is 561 g/mol. The maximum absolute atomic E-state index is 13.8. The predicted molar refractivity (Wildman–Crippen MR) is 133 cm³/mol. The SMILES string of the molecule is O=C1c2ccc(Br)cc2NC2(CCN(Cc3ccccc3O)CC2)C1c1ccc(OC(F)(F)F)cc1. The first-order valence-electron chi connectivity index (χ1n) is 11.6. The topological polar surface area (TPSA) is 61.8 Å². The van der Waals surface area contributed by atoms with Crippen molar-refractivity contribution < 1.29 is 27.8 Å². The molecule has 0 bridgehead atoms. The van der Waals surface area contributed by atoms with Gasteiger partial charge in [-0.15, -0.1) is 13.2 Å². The Hall–Kier alpha value is -3.04. The Morgan fingerprint density at radius 3 is 2.42 bits per heavy atom. The lowest BCUT2D eigenvalue weighted by molar-refractivity contribution is -0.274. The number of halogens is 4. The Labute approximate surface area is 215 Å². The standard InChI is InChI=1S/C27H24BrF3N2O3/c28-19-7-10-21-22(15-19)32-26(11-13-33(14-12-26)16-18-3-1-2-4-23(18)34)24(25(21)35)17-5-8-20(9-6-17)36-27(29,30)31/h1-10,15,24,32,34H,11-14,16H2. The van der Waals surface area contributed by atoms with Gasteiger partial charge in [-0.2, -0.15) is 0 Å². The number of hydrogen-bond acceptors (Lipinski definition) is 5. The number of anilines is 1. The Balaban J connectivity index is 1.45. The molecule has 5 rings (SSSR count). The molecule has 2 aliphatic heterocycles. The maximum atomic E-state index is 13.8. The number of phenols is 1. The minimum Gasteiger partial charge on any atom is -0.508 e. The molecule has 1 spiro atoms. The Morgan fingerprint density at radius 2 is 1.75 bits per heavy atom. The number of para-hydroxylation sites is 1. The monoisotopic (exact) mass is 560 g/mol. The van der Waals surface area contributed by atoms with Gasteiger partial charge in [0.15, 0.2) is 5.78 Å². The van der Waals surface area contributed by atoms with Crippen molar-refractivity contribution in [2.24, 2.45) is 0 Å². The van der Waals surface area contributed by atoms with E-state index in [4.69, 9.17) is 0 Å². The molecule has 2 aliphatic rings. The van der Waals surface area contributed by atoms with Gasteiger partial charge in [0.25, 0.3) is 0 Å². The Morgan fingerprint density at radius 1 is 1.06 bits per heavy atom.